The number of nitrogens with one attached hydrogen (secondary N) is 1. The molecule has 0 bridgehead atoms. The fraction of sp³-hybridized carbons (Fsp3) is 0.533. The van der Waals surface area contributed by atoms with Crippen LogP contribution < -0.4 is 5.32 Å². The maximum Gasteiger partial charge on any atom is 0.223 e. The van der Waals surface area contributed by atoms with Crippen molar-refractivity contribution in [2.75, 3.05) is 19.8 Å². The van der Waals surface area contributed by atoms with Gasteiger partial charge in [-0.25, -0.2) is 0 Å². The van der Waals surface area contributed by atoms with Crippen molar-refractivity contribution < 1.29 is 19.7 Å². The molecule has 20 heavy (non-hydrogen) atoms. The van der Waals surface area contributed by atoms with Crippen LogP contribution in [0.25, 0.3) is 0 Å². The number of phenolic OH excluding ortho intramolecular Hbond substituents is 2. The number of carbonyl (C=O) groups is 1. The van der Waals surface area contributed by atoms with E-state index in [0.29, 0.717) is 26.2 Å². The lowest BCUT2D eigenvalue weighted by Crippen LogP contribution is -2.31. The fourth-order valence-corrected chi connectivity index (χ4v) is 1.85. The largest absolute Gasteiger partial charge is 0.504 e. The van der Waals surface area contributed by atoms with Gasteiger partial charge in [0.05, 0.1) is 0 Å². The Bertz CT molecular complexity index is 434. The van der Waals surface area contributed by atoms with Gasteiger partial charge in [-0.3, -0.25) is 4.79 Å². The molecule has 0 saturated carbocycles. The van der Waals surface area contributed by atoms with Crippen LogP contribution in [0.5, 0.6) is 11.5 Å². The summed E-state index contributed by atoms with van der Waals surface area (Å²) in [5.74, 6) is -0.520. The lowest BCUT2D eigenvalue weighted by molar-refractivity contribution is -0.124. The molecule has 0 aliphatic rings. The van der Waals surface area contributed by atoms with Crippen molar-refractivity contribution in [2.24, 2.45) is 5.92 Å². The van der Waals surface area contributed by atoms with E-state index in [9.17, 15) is 15.0 Å². The molecule has 1 aromatic carbocycles. The van der Waals surface area contributed by atoms with Crippen molar-refractivity contribution in [3.05, 3.63) is 23.8 Å². The molecule has 1 rings (SSSR count). The van der Waals surface area contributed by atoms with Crippen LogP contribution in [0, 0.1) is 5.92 Å². The molecule has 5 heteroatoms. The normalized spacial score (nSPS) is 12.1. The van der Waals surface area contributed by atoms with Gasteiger partial charge in [0.15, 0.2) is 11.5 Å². The third-order valence-corrected chi connectivity index (χ3v) is 3.00. The first kappa shape index (κ1) is 16.3. The molecular formula is C15H23NO4. The molecule has 1 atom stereocenters. The minimum atomic E-state index is -0.189. The zero-order valence-electron chi connectivity index (χ0n) is 12.1. The number of ether oxygens (including phenoxy) is 1. The summed E-state index contributed by atoms with van der Waals surface area (Å²) in [7, 11) is 0. The first-order valence-corrected chi connectivity index (χ1v) is 6.91. The topological polar surface area (TPSA) is 78.8 Å². The van der Waals surface area contributed by atoms with Crippen molar-refractivity contribution in [3.63, 3.8) is 0 Å². The number of hydrogen-bond donors (Lipinski definition) is 3. The molecule has 0 spiro atoms. The zero-order chi connectivity index (χ0) is 15.0. The fourth-order valence-electron chi connectivity index (χ4n) is 1.85. The van der Waals surface area contributed by atoms with Crippen molar-refractivity contribution in [3.8, 4) is 11.5 Å². The van der Waals surface area contributed by atoms with E-state index < -0.39 is 0 Å². The van der Waals surface area contributed by atoms with Crippen molar-refractivity contribution in [1.82, 2.24) is 5.32 Å². The van der Waals surface area contributed by atoms with Gasteiger partial charge in [-0.1, -0.05) is 13.0 Å². The molecular weight excluding hydrogens is 258 g/mol. The molecule has 0 saturated heterocycles. The van der Waals surface area contributed by atoms with Crippen LogP contribution in [-0.4, -0.2) is 35.9 Å². The van der Waals surface area contributed by atoms with E-state index in [1.54, 1.807) is 6.07 Å². The maximum atomic E-state index is 11.9. The Morgan fingerprint density at radius 3 is 2.75 bits per heavy atom. The second kappa shape index (κ2) is 8.43. The average Bonchev–Trinajstić information content (AvgIpc) is 2.42. The summed E-state index contributed by atoms with van der Waals surface area (Å²) in [5.41, 5.74) is 0.817. The van der Waals surface area contributed by atoms with Gasteiger partial charge in [0.2, 0.25) is 5.91 Å². The van der Waals surface area contributed by atoms with Crippen LogP contribution in [0.1, 0.15) is 25.8 Å². The van der Waals surface area contributed by atoms with Crippen molar-refractivity contribution >= 4 is 5.91 Å². The van der Waals surface area contributed by atoms with Crippen LogP contribution >= 0.6 is 0 Å². The molecule has 112 valence electrons. The summed E-state index contributed by atoms with van der Waals surface area (Å²) in [6, 6.07) is 4.61. The summed E-state index contributed by atoms with van der Waals surface area (Å²) in [6.45, 7) is 5.71. The van der Waals surface area contributed by atoms with Gasteiger partial charge in [-0.15, -0.1) is 0 Å². The van der Waals surface area contributed by atoms with E-state index >= 15 is 0 Å². The second-order valence-electron chi connectivity index (χ2n) is 4.77. The molecule has 0 aliphatic heterocycles. The van der Waals surface area contributed by atoms with Gasteiger partial charge in [0.25, 0.3) is 0 Å². The lowest BCUT2D eigenvalue weighted by Gasteiger charge is -2.12. The second-order valence-corrected chi connectivity index (χ2v) is 4.77. The molecule has 1 unspecified atom stereocenters. The number of phenols is 2. The average molecular weight is 281 g/mol. The summed E-state index contributed by atoms with van der Waals surface area (Å²) >= 11 is 0. The van der Waals surface area contributed by atoms with Gasteiger partial charge in [0, 0.05) is 25.7 Å². The Labute approximate surface area is 119 Å². The summed E-state index contributed by atoms with van der Waals surface area (Å²) in [4.78, 5) is 11.9. The number of carbonyl (C=O) groups excluding carboxylic acids is 1. The molecule has 0 radical (unpaired) electrons. The van der Waals surface area contributed by atoms with Crippen LogP contribution in [0.4, 0.5) is 0 Å². The highest BCUT2D eigenvalue weighted by Crippen LogP contribution is 2.25. The molecule has 3 N–H and O–H groups in total. The Balaban J connectivity index is 2.35. The van der Waals surface area contributed by atoms with Gasteiger partial charge in [-0.05, 0) is 37.5 Å². The predicted octanol–water partition coefficient (Wildman–Crippen LogP) is 1.82. The van der Waals surface area contributed by atoms with Gasteiger partial charge >= 0.3 is 0 Å². The molecule has 1 amide bonds. The van der Waals surface area contributed by atoms with Gasteiger partial charge in [-0.2, -0.15) is 0 Å². The minimum Gasteiger partial charge on any atom is -0.504 e. The highest BCUT2D eigenvalue weighted by atomic mass is 16.5. The minimum absolute atomic E-state index is 0.0194. The van der Waals surface area contributed by atoms with Gasteiger partial charge in [0.1, 0.15) is 0 Å². The molecule has 0 aliphatic carbocycles. The SMILES string of the molecule is CCOCCCNC(=O)C(C)Cc1ccc(O)c(O)c1. The summed E-state index contributed by atoms with van der Waals surface area (Å²) in [6.07, 6.45) is 1.32. The first-order valence-electron chi connectivity index (χ1n) is 6.91. The number of hydrogen-bond acceptors (Lipinski definition) is 4. The third kappa shape index (κ3) is 5.48. The van der Waals surface area contributed by atoms with E-state index in [0.717, 1.165) is 12.0 Å². The van der Waals surface area contributed by atoms with Crippen molar-refractivity contribution in [1.29, 1.82) is 0 Å². The zero-order valence-corrected chi connectivity index (χ0v) is 12.1. The Hall–Kier alpha value is -1.75. The van der Waals surface area contributed by atoms with Crippen LogP contribution in [0.2, 0.25) is 0 Å². The van der Waals surface area contributed by atoms with Crippen LogP contribution in [0.3, 0.4) is 0 Å². The molecule has 0 fully saturated rings. The molecule has 1 aromatic rings. The van der Waals surface area contributed by atoms with E-state index in [4.69, 9.17) is 4.74 Å². The summed E-state index contributed by atoms with van der Waals surface area (Å²) < 4.78 is 5.19. The highest BCUT2D eigenvalue weighted by molar-refractivity contribution is 5.78. The molecule has 5 nitrogen and oxygen atoms in total. The maximum absolute atomic E-state index is 11.9. The van der Waals surface area contributed by atoms with E-state index in [2.05, 4.69) is 5.32 Å². The number of rotatable bonds is 8. The Morgan fingerprint density at radius 2 is 2.10 bits per heavy atom. The first-order chi connectivity index (χ1) is 9.54. The van der Waals surface area contributed by atoms with Crippen LogP contribution in [0.15, 0.2) is 18.2 Å². The van der Waals surface area contributed by atoms with E-state index in [1.807, 2.05) is 13.8 Å². The molecule has 0 heterocycles. The Kier molecular flexibility index (Phi) is 6.87. The lowest BCUT2D eigenvalue weighted by atomic mass is 10.00. The number of aromatic hydroxyl groups is 2. The highest BCUT2D eigenvalue weighted by Gasteiger charge is 2.13. The van der Waals surface area contributed by atoms with Crippen LogP contribution in [-0.2, 0) is 16.0 Å². The van der Waals surface area contributed by atoms with Gasteiger partial charge < -0.3 is 20.3 Å². The monoisotopic (exact) mass is 281 g/mol. The predicted molar refractivity (Wildman–Crippen MR) is 76.8 cm³/mol. The molecule has 0 aromatic heterocycles. The quantitative estimate of drug-likeness (QED) is 0.501. The standard InChI is InChI=1S/C15H23NO4/c1-3-20-8-4-7-16-15(19)11(2)9-12-5-6-13(17)14(18)10-12/h5-6,10-11,17-18H,3-4,7-9H2,1-2H3,(H,16,19). The van der Waals surface area contributed by atoms with E-state index in [1.165, 1.54) is 12.1 Å². The summed E-state index contributed by atoms with van der Waals surface area (Å²) in [5, 5.41) is 21.5. The van der Waals surface area contributed by atoms with Crippen molar-refractivity contribution in [2.45, 2.75) is 26.7 Å². The smallest absolute Gasteiger partial charge is 0.223 e. The Morgan fingerprint density at radius 1 is 1.35 bits per heavy atom. The van der Waals surface area contributed by atoms with E-state index in [-0.39, 0.29) is 23.3 Å². The number of benzene rings is 1. The number of amides is 1. The third-order valence-electron chi connectivity index (χ3n) is 3.00.